The molecule has 1 aromatic carbocycles. The first-order chi connectivity index (χ1) is 9.04. The summed E-state index contributed by atoms with van der Waals surface area (Å²) in [5.74, 6) is -0.179. The second-order valence-corrected chi connectivity index (χ2v) is 5.38. The first-order valence-corrected chi connectivity index (χ1v) is 6.98. The molecule has 2 rings (SSSR count). The van der Waals surface area contributed by atoms with Gasteiger partial charge in [-0.25, -0.2) is 4.79 Å². The van der Waals surface area contributed by atoms with E-state index in [1.54, 1.807) is 6.07 Å². The smallest absolute Gasteiger partial charge is 0.325 e. The maximum absolute atomic E-state index is 12.1. The second-order valence-electron chi connectivity index (χ2n) is 4.52. The third-order valence-electron chi connectivity index (χ3n) is 3.16. The van der Waals surface area contributed by atoms with E-state index in [1.165, 1.54) is 4.90 Å². The van der Waals surface area contributed by atoms with Gasteiger partial charge in [-0.1, -0.05) is 35.3 Å². The Kier molecular flexibility index (Phi) is 4.09. The summed E-state index contributed by atoms with van der Waals surface area (Å²) in [6.07, 6.45) is 1.51. The lowest BCUT2D eigenvalue weighted by Gasteiger charge is -2.15. The minimum absolute atomic E-state index is 0.179. The van der Waals surface area contributed by atoms with Gasteiger partial charge in [-0.3, -0.25) is 9.69 Å². The number of carbonyl (C=O) groups is 2. The van der Waals surface area contributed by atoms with Crippen molar-refractivity contribution in [1.82, 2.24) is 10.2 Å². The maximum Gasteiger partial charge on any atom is 0.325 e. The summed E-state index contributed by atoms with van der Waals surface area (Å²) < 4.78 is 0.798. The van der Waals surface area contributed by atoms with Crippen LogP contribution in [0.15, 0.2) is 22.7 Å². The number of imide groups is 1. The lowest BCUT2D eigenvalue weighted by atomic mass is 10.1. The Morgan fingerprint density at radius 1 is 1.42 bits per heavy atom. The second kappa shape index (κ2) is 5.61. The predicted molar refractivity (Wildman–Crippen MR) is 76.3 cm³/mol. The molecule has 0 aliphatic carbocycles. The lowest BCUT2D eigenvalue weighted by Crippen LogP contribution is -2.31. The minimum atomic E-state index is -0.402. The molecule has 3 N–H and O–H groups in total. The molecule has 0 aromatic heterocycles. The maximum atomic E-state index is 12.1. The first-order valence-electron chi connectivity index (χ1n) is 6.19. The van der Waals surface area contributed by atoms with Gasteiger partial charge in [0.25, 0.3) is 5.91 Å². The number of anilines is 1. The van der Waals surface area contributed by atoms with E-state index in [1.807, 2.05) is 19.1 Å². The molecule has 1 unspecified atom stereocenters. The average Bonchev–Trinajstić information content (AvgIpc) is 2.61. The molecule has 6 heteroatoms. The number of nitrogens with one attached hydrogen (secondary N) is 1. The molecule has 1 fully saturated rings. The number of rotatable bonds is 4. The molecule has 19 heavy (non-hydrogen) atoms. The summed E-state index contributed by atoms with van der Waals surface area (Å²) in [5, 5.41) is 2.70. The summed E-state index contributed by atoms with van der Waals surface area (Å²) >= 11 is 3.39. The predicted octanol–water partition coefficient (Wildman–Crippen LogP) is 2.25. The number of nitrogen functional groups attached to an aromatic ring is 1. The van der Waals surface area contributed by atoms with Crippen LogP contribution >= 0.6 is 15.9 Å². The van der Waals surface area contributed by atoms with E-state index < -0.39 is 6.04 Å². The standard InChI is InChI=1S/C13H16BrN3O2/c1-2-4-11-12(18)17(13(19)16-11)7-8-9(14)5-3-6-10(8)15/h3,5-6,11H,2,4,7,15H2,1H3,(H,16,19). The molecule has 5 nitrogen and oxygen atoms in total. The Morgan fingerprint density at radius 3 is 2.79 bits per heavy atom. The van der Waals surface area contributed by atoms with Gasteiger partial charge in [0.1, 0.15) is 6.04 Å². The van der Waals surface area contributed by atoms with Crippen molar-refractivity contribution >= 4 is 33.6 Å². The molecular weight excluding hydrogens is 310 g/mol. The summed E-state index contributed by atoms with van der Waals surface area (Å²) in [7, 11) is 0. The Labute approximate surface area is 120 Å². The van der Waals surface area contributed by atoms with E-state index in [0.29, 0.717) is 12.1 Å². The molecular formula is C13H16BrN3O2. The van der Waals surface area contributed by atoms with Gasteiger partial charge in [-0.2, -0.15) is 0 Å². The van der Waals surface area contributed by atoms with E-state index in [2.05, 4.69) is 21.2 Å². The fraction of sp³-hybridized carbons (Fsp3) is 0.385. The van der Waals surface area contributed by atoms with E-state index >= 15 is 0 Å². The molecule has 0 bridgehead atoms. The van der Waals surface area contributed by atoms with Crippen molar-refractivity contribution in [2.24, 2.45) is 0 Å². The fourth-order valence-electron chi connectivity index (χ4n) is 2.11. The number of nitrogens with zero attached hydrogens (tertiary/aromatic N) is 1. The summed E-state index contributed by atoms with van der Waals surface area (Å²) in [6, 6.07) is 4.66. The number of benzene rings is 1. The topological polar surface area (TPSA) is 75.4 Å². The highest BCUT2D eigenvalue weighted by Crippen LogP contribution is 2.25. The molecule has 102 valence electrons. The van der Waals surface area contributed by atoms with Crippen LogP contribution in [0.1, 0.15) is 25.3 Å². The van der Waals surface area contributed by atoms with Gasteiger partial charge in [0.2, 0.25) is 0 Å². The number of amides is 3. The Morgan fingerprint density at radius 2 is 2.16 bits per heavy atom. The normalized spacial score (nSPS) is 18.8. The van der Waals surface area contributed by atoms with Gasteiger partial charge in [-0.05, 0) is 18.6 Å². The highest BCUT2D eigenvalue weighted by Gasteiger charge is 2.37. The number of nitrogens with two attached hydrogens (primary N) is 1. The van der Waals surface area contributed by atoms with Crippen LogP contribution in [0.25, 0.3) is 0 Å². The van der Waals surface area contributed by atoms with Gasteiger partial charge in [0, 0.05) is 15.7 Å². The largest absolute Gasteiger partial charge is 0.398 e. The zero-order chi connectivity index (χ0) is 14.0. The van der Waals surface area contributed by atoms with Crippen LogP contribution in [-0.2, 0) is 11.3 Å². The van der Waals surface area contributed by atoms with Gasteiger partial charge in [-0.15, -0.1) is 0 Å². The first kappa shape index (κ1) is 13.9. The van der Waals surface area contributed by atoms with Gasteiger partial charge in [0.05, 0.1) is 6.54 Å². The quantitative estimate of drug-likeness (QED) is 0.658. The zero-order valence-electron chi connectivity index (χ0n) is 10.6. The van der Waals surface area contributed by atoms with Crippen LogP contribution < -0.4 is 11.1 Å². The zero-order valence-corrected chi connectivity index (χ0v) is 12.2. The van der Waals surface area contributed by atoms with Crippen LogP contribution in [0.3, 0.4) is 0 Å². The lowest BCUT2D eigenvalue weighted by molar-refractivity contribution is -0.128. The number of hydrogen-bond acceptors (Lipinski definition) is 3. The van der Waals surface area contributed by atoms with Crippen LogP contribution in [0.2, 0.25) is 0 Å². The van der Waals surface area contributed by atoms with Crippen LogP contribution in [0, 0.1) is 0 Å². The SMILES string of the molecule is CCCC1NC(=O)N(Cc2c(N)cccc2Br)C1=O. The monoisotopic (exact) mass is 325 g/mol. The number of urea groups is 1. The molecule has 1 aliphatic heterocycles. The Hall–Kier alpha value is -1.56. The van der Waals surface area contributed by atoms with Crippen molar-refractivity contribution < 1.29 is 9.59 Å². The number of halogens is 1. The van der Waals surface area contributed by atoms with Gasteiger partial charge >= 0.3 is 6.03 Å². The fourth-order valence-corrected chi connectivity index (χ4v) is 2.62. The molecule has 1 aliphatic rings. The molecule has 1 heterocycles. The highest BCUT2D eigenvalue weighted by molar-refractivity contribution is 9.10. The van der Waals surface area contributed by atoms with Crippen LogP contribution in [-0.4, -0.2) is 22.9 Å². The van der Waals surface area contributed by atoms with Crippen molar-refractivity contribution in [2.75, 3.05) is 5.73 Å². The molecule has 1 aromatic rings. The Balaban J connectivity index is 2.19. The van der Waals surface area contributed by atoms with Crippen molar-refractivity contribution in [3.63, 3.8) is 0 Å². The summed E-state index contributed by atoms with van der Waals surface area (Å²) in [6.45, 7) is 2.17. The third kappa shape index (κ3) is 2.73. The van der Waals surface area contributed by atoms with Crippen molar-refractivity contribution in [3.05, 3.63) is 28.2 Å². The average molecular weight is 326 g/mol. The minimum Gasteiger partial charge on any atom is -0.398 e. The van der Waals surface area contributed by atoms with Crippen LogP contribution in [0.4, 0.5) is 10.5 Å². The van der Waals surface area contributed by atoms with Gasteiger partial charge < -0.3 is 11.1 Å². The van der Waals surface area contributed by atoms with Crippen molar-refractivity contribution in [2.45, 2.75) is 32.4 Å². The van der Waals surface area contributed by atoms with E-state index in [0.717, 1.165) is 16.5 Å². The molecule has 0 radical (unpaired) electrons. The number of hydrogen-bond donors (Lipinski definition) is 2. The number of carbonyl (C=O) groups excluding carboxylic acids is 2. The molecule has 1 saturated heterocycles. The highest BCUT2D eigenvalue weighted by atomic mass is 79.9. The van der Waals surface area contributed by atoms with Crippen LogP contribution in [0.5, 0.6) is 0 Å². The van der Waals surface area contributed by atoms with Gasteiger partial charge in [0.15, 0.2) is 0 Å². The third-order valence-corrected chi connectivity index (χ3v) is 3.90. The molecule has 3 amide bonds. The van der Waals surface area contributed by atoms with E-state index in [9.17, 15) is 9.59 Å². The summed E-state index contributed by atoms with van der Waals surface area (Å²) in [4.78, 5) is 25.2. The Bertz CT molecular complexity index is 498. The summed E-state index contributed by atoms with van der Waals surface area (Å²) in [5.41, 5.74) is 7.20. The molecule has 0 saturated carbocycles. The molecule has 0 spiro atoms. The van der Waals surface area contributed by atoms with Crippen molar-refractivity contribution in [1.29, 1.82) is 0 Å². The van der Waals surface area contributed by atoms with Crippen molar-refractivity contribution in [3.8, 4) is 0 Å². The van der Waals surface area contributed by atoms with E-state index in [4.69, 9.17) is 5.73 Å². The molecule has 1 atom stereocenters. The van der Waals surface area contributed by atoms with E-state index in [-0.39, 0.29) is 18.5 Å².